The smallest absolute Gasteiger partial charge is 0.141 e. The second-order valence-corrected chi connectivity index (χ2v) is 4.59. The van der Waals surface area contributed by atoms with Crippen molar-refractivity contribution in [2.75, 3.05) is 5.32 Å². The van der Waals surface area contributed by atoms with Gasteiger partial charge in [0.2, 0.25) is 0 Å². The van der Waals surface area contributed by atoms with E-state index in [0.29, 0.717) is 0 Å². The van der Waals surface area contributed by atoms with E-state index in [-0.39, 0.29) is 0 Å². The van der Waals surface area contributed by atoms with Crippen LogP contribution in [0.4, 0.5) is 11.5 Å². The van der Waals surface area contributed by atoms with E-state index in [4.69, 9.17) is 0 Å². The van der Waals surface area contributed by atoms with Crippen molar-refractivity contribution in [1.29, 1.82) is 0 Å². The predicted molar refractivity (Wildman–Crippen MR) is 81.9 cm³/mol. The minimum atomic E-state index is 0.820. The average molecular weight is 261 g/mol. The number of benzene rings is 2. The van der Waals surface area contributed by atoms with Gasteiger partial charge >= 0.3 is 0 Å². The highest BCUT2D eigenvalue weighted by Crippen LogP contribution is 2.29. The maximum atomic E-state index is 4.37. The highest BCUT2D eigenvalue weighted by Gasteiger charge is 2.08. The Kier molecular flexibility index (Phi) is 3.42. The van der Waals surface area contributed by atoms with Gasteiger partial charge < -0.3 is 5.32 Å². The third-order valence-corrected chi connectivity index (χ3v) is 3.18. The zero-order valence-corrected chi connectivity index (χ0v) is 11.2. The third kappa shape index (κ3) is 2.52. The Hall–Kier alpha value is -2.68. The SMILES string of the molecule is Cc1ccccc1-c1cncnc1Nc1ccccc1. The molecule has 3 heteroatoms. The number of nitrogens with zero attached hydrogens (tertiary/aromatic N) is 2. The lowest BCUT2D eigenvalue weighted by Gasteiger charge is -2.12. The van der Waals surface area contributed by atoms with E-state index < -0.39 is 0 Å². The maximum absolute atomic E-state index is 4.37. The first-order valence-electron chi connectivity index (χ1n) is 6.52. The van der Waals surface area contributed by atoms with E-state index in [1.807, 2.05) is 48.7 Å². The van der Waals surface area contributed by atoms with Crippen molar-refractivity contribution < 1.29 is 0 Å². The molecule has 98 valence electrons. The number of para-hydroxylation sites is 1. The summed E-state index contributed by atoms with van der Waals surface area (Å²) in [5.41, 5.74) is 4.38. The molecule has 1 heterocycles. The maximum Gasteiger partial charge on any atom is 0.141 e. The normalized spacial score (nSPS) is 10.2. The Balaban J connectivity index is 2.03. The molecule has 0 fully saturated rings. The molecule has 0 aliphatic heterocycles. The second kappa shape index (κ2) is 5.53. The second-order valence-electron chi connectivity index (χ2n) is 4.59. The molecular weight excluding hydrogens is 246 g/mol. The zero-order chi connectivity index (χ0) is 13.8. The quantitative estimate of drug-likeness (QED) is 0.768. The van der Waals surface area contributed by atoms with Crippen LogP contribution < -0.4 is 5.32 Å². The lowest BCUT2D eigenvalue weighted by atomic mass is 10.0. The molecule has 0 amide bonds. The van der Waals surface area contributed by atoms with Gasteiger partial charge in [-0.2, -0.15) is 0 Å². The van der Waals surface area contributed by atoms with Crippen LogP contribution in [0.1, 0.15) is 5.56 Å². The van der Waals surface area contributed by atoms with Gasteiger partial charge in [0.1, 0.15) is 12.1 Å². The van der Waals surface area contributed by atoms with Gasteiger partial charge in [-0.05, 0) is 30.2 Å². The molecule has 3 aromatic rings. The molecule has 0 atom stereocenters. The van der Waals surface area contributed by atoms with E-state index in [1.54, 1.807) is 6.33 Å². The Bertz CT molecular complexity index is 708. The lowest BCUT2D eigenvalue weighted by molar-refractivity contribution is 1.17. The van der Waals surface area contributed by atoms with Gasteiger partial charge in [-0.3, -0.25) is 0 Å². The number of hydrogen-bond acceptors (Lipinski definition) is 3. The lowest BCUT2D eigenvalue weighted by Crippen LogP contribution is -1.97. The fourth-order valence-corrected chi connectivity index (χ4v) is 2.16. The van der Waals surface area contributed by atoms with Crippen LogP contribution in [-0.2, 0) is 0 Å². The van der Waals surface area contributed by atoms with E-state index in [2.05, 4.69) is 34.3 Å². The summed E-state index contributed by atoms with van der Waals surface area (Å²) < 4.78 is 0. The Morgan fingerprint density at radius 3 is 2.40 bits per heavy atom. The molecule has 2 aromatic carbocycles. The van der Waals surface area contributed by atoms with E-state index in [0.717, 1.165) is 22.6 Å². The average Bonchev–Trinajstić information content (AvgIpc) is 2.50. The predicted octanol–water partition coefficient (Wildman–Crippen LogP) is 4.20. The van der Waals surface area contributed by atoms with Gasteiger partial charge in [0.05, 0.1) is 0 Å². The topological polar surface area (TPSA) is 37.8 Å². The largest absolute Gasteiger partial charge is 0.340 e. The summed E-state index contributed by atoms with van der Waals surface area (Å²) in [5, 5.41) is 3.35. The number of nitrogens with one attached hydrogen (secondary N) is 1. The number of aromatic nitrogens is 2. The van der Waals surface area contributed by atoms with Crippen LogP contribution in [0.3, 0.4) is 0 Å². The summed E-state index contributed by atoms with van der Waals surface area (Å²) >= 11 is 0. The summed E-state index contributed by atoms with van der Waals surface area (Å²) in [6.45, 7) is 2.09. The van der Waals surface area contributed by atoms with Gasteiger partial charge in [0.25, 0.3) is 0 Å². The van der Waals surface area contributed by atoms with Crippen molar-refractivity contribution >= 4 is 11.5 Å². The number of rotatable bonds is 3. The van der Waals surface area contributed by atoms with Gasteiger partial charge in [-0.25, -0.2) is 9.97 Å². The van der Waals surface area contributed by atoms with Crippen molar-refractivity contribution in [2.45, 2.75) is 6.92 Å². The van der Waals surface area contributed by atoms with E-state index >= 15 is 0 Å². The summed E-state index contributed by atoms with van der Waals surface area (Å²) in [7, 11) is 0. The van der Waals surface area contributed by atoms with Gasteiger partial charge in [0.15, 0.2) is 0 Å². The molecular formula is C17H15N3. The minimum absolute atomic E-state index is 0.820. The van der Waals surface area contributed by atoms with Crippen LogP contribution >= 0.6 is 0 Å². The summed E-state index contributed by atoms with van der Waals surface area (Å²) in [6, 6.07) is 18.3. The molecule has 0 spiro atoms. The van der Waals surface area contributed by atoms with E-state index in [9.17, 15) is 0 Å². The number of hydrogen-bond donors (Lipinski definition) is 1. The molecule has 0 saturated heterocycles. The minimum Gasteiger partial charge on any atom is -0.340 e. The Labute approximate surface area is 118 Å². The first-order valence-corrected chi connectivity index (χ1v) is 6.52. The van der Waals surface area contributed by atoms with Crippen LogP contribution in [0.5, 0.6) is 0 Å². The molecule has 0 aliphatic rings. The van der Waals surface area contributed by atoms with Crippen molar-refractivity contribution in [3.8, 4) is 11.1 Å². The molecule has 1 N–H and O–H groups in total. The van der Waals surface area contributed by atoms with Gasteiger partial charge in [-0.1, -0.05) is 42.5 Å². The fourth-order valence-electron chi connectivity index (χ4n) is 2.16. The van der Waals surface area contributed by atoms with Crippen LogP contribution in [0.25, 0.3) is 11.1 Å². The zero-order valence-electron chi connectivity index (χ0n) is 11.2. The number of anilines is 2. The number of aryl methyl sites for hydroxylation is 1. The molecule has 0 radical (unpaired) electrons. The summed E-state index contributed by atoms with van der Waals surface area (Å²) in [6.07, 6.45) is 3.41. The van der Waals surface area contributed by atoms with Crippen LogP contribution in [-0.4, -0.2) is 9.97 Å². The van der Waals surface area contributed by atoms with Crippen LogP contribution in [0.15, 0.2) is 67.1 Å². The van der Waals surface area contributed by atoms with Gasteiger partial charge in [-0.15, -0.1) is 0 Å². The van der Waals surface area contributed by atoms with Crippen LogP contribution in [0, 0.1) is 6.92 Å². The molecule has 20 heavy (non-hydrogen) atoms. The summed E-state index contributed by atoms with van der Waals surface area (Å²) in [5.74, 6) is 0.820. The Morgan fingerprint density at radius 1 is 0.850 bits per heavy atom. The fraction of sp³-hybridized carbons (Fsp3) is 0.0588. The molecule has 0 bridgehead atoms. The first kappa shape index (κ1) is 12.4. The standard InChI is InChI=1S/C17H15N3/c1-13-7-5-6-10-15(13)16-11-18-12-19-17(16)20-14-8-3-2-4-9-14/h2-12H,1H3,(H,18,19,20). The highest BCUT2D eigenvalue weighted by atomic mass is 15.0. The molecule has 0 aliphatic carbocycles. The molecule has 1 aromatic heterocycles. The van der Waals surface area contributed by atoms with Crippen molar-refractivity contribution in [1.82, 2.24) is 9.97 Å². The van der Waals surface area contributed by atoms with Crippen molar-refractivity contribution in [3.05, 3.63) is 72.7 Å². The molecule has 0 unspecified atom stereocenters. The molecule has 3 rings (SSSR count). The highest BCUT2D eigenvalue weighted by molar-refractivity contribution is 5.79. The molecule has 0 saturated carbocycles. The first-order chi connectivity index (χ1) is 9.84. The van der Waals surface area contributed by atoms with Gasteiger partial charge in [0, 0.05) is 17.4 Å². The monoisotopic (exact) mass is 261 g/mol. The molecule has 3 nitrogen and oxygen atoms in total. The van der Waals surface area contributed by atoms with E-state index in [1.165, 1.54) is 5.56 Å². The summed E-state index contributed by atoms with van der Waals surface area (Å²) in [4.78, 5) is 8.52. The van der Waals surface area contributed by atoms with Crippen molar-refractivity contribution in [3.63, 3.8) is 0 Å². The third-order valence-electron chi connectivity index (χ3n) is 3.18. The Morgan fingerprint density at radius 2 is 1.60 bits per heavy atom. The van der Waals surface area contributed by atoms with Crippen molar-refractivity contribution in [2.24, 2.45) is 0 Å². The van der Waals surface area contributed by atoms with Crippen LogP contribution in [0.2, 0.25) is 0 Å².